The van der Waals surface area contributed by atoms with E-state index in [0.29, 0.717) is 0 Å². The molecule has 54 heavy (non-hydrogen) atoms. The van der Waals surface area contributed by atoms with Crippen LogP contribution in [-0.4, -0.2) is 14.1 Å². The van der Waals surface area contributed by atoms with Crippen molar-refractivity contribution < 1.29 is 4.74 Å². The molecule has 0 N–H and O–H groups in total. The lowest BCUT2D eigenvalue weighted by Crippen LogP contribution is -2.11. The Morgan fingerprint density at radius 3 is 2.07 bits per heavy atom. The molecule has 4 heteroatoms. The first kappa shape index (κ1) is 30.7. The van der Waals surface area contributed by atoms with Crippen molar-refractivity contribution in [3.63, 3.8) is 0 Å². The fourth-order valence-electron chi connectivity index (χ4n) is 8.56. The minimum Gasteiger partial charge on any atom is -0.455 e. The quantitative estimate of drug-likeness (QED) is 0.184. The number of aromatic nitrogens is 3. The molecule has 1 aliphatic heterocycles. The normalized spacial score (nSPS) is 13.6. The smallest absolute Gasteiger partial charge is 0.144 e. The maximum absolute atomic E-state index is 7.16. The summed E-state index contributed by atoms with van der Waals surface area (Å²) in [6.07, 6.45) is 10.8. The summed E-state index contributed by atoms with van der Waals surface area (Å²) in [5.41, 5.74) is 15.1. The molecule has 0 saturated carbocycles. The third-order valence-electron chi connectivity index (χ3n) is 11.3. The van der Waals surface area contributed by atoms with Gasteiger partial charge in [-0.3, -0.25) is 0 Å². The Hall–Kier alpha value is -6.91. The predicted molar refractivity (Wildman–Crippen MR) is 222 cm³/mol. The van der Waals surface area contributed by atoms with Crippen molar-refractivity contribution in [2.24, 2.45) is 0 Å². The van der Waals surface area contributed by atoms with E-state index >= 15 is 0 Å². The highest BCUT2D eigenvalue weighted by Gasteiger charge is 2.31. The maximum Gasteiger partial charge on any atom is 0.144 e. The summed E-state index contributed by atoms with van der Waals surface area (Å²) in [5, 5.41) is 2.20. The van der Waals surface area contributed by atoms with Gasteiger partial charge in [-0.1, -0.05) is 98.8 Å². The van der Waals surface area contributed by atoms with Gasteiger partial charge in [0.25, 0.3) is 0 Å². The van der Waals surface area contributed by atoms with Gasteiger partial charge in [-0.2, -0.15) is 0 Å². The molecule has 2 aliphatic rings. The Labute approximate surface area is 313 Å². The lowest BCUT2D eigenvalue weighted by atomic mass is 9.82. The zero-order chi connectivity index (χ0) is 36.0. The molecule has 1 aliphatic carbocycles. The number of hydrogen-bond acceptors (Lipinski definition) is 2. The van der Waals surface area contributed by atoms with Crippen LogP contribution >= 0.6 is 0 Å². The number of fused-ring (bicyclic) bond motifs is 10. The molecule has 4 nitrogen and oxygen atoms in total. The first-order chi connectivity index (χ1) is 26.5. The summed E-state index contributed by atoms with van der Waals surface area (Å²) >= 11 is 0. The molecule has 0 fully saturated rings. The van der Waals surface area contributed by atoms with Gasteiger partial charge in [-0.05, 0) is 117 Å². The van der Waals surface area contributed by atoms with Crippen LogP contribution in [0.2, 0.25) is 0 Å². The lowest BCUT2D eigenvalue weighted by molar-refractivity contribution is 0.494. The monoisotopic (exact) mass is 693 g/mol. The van der Waals surface area contributed by atoms with E-state index in [2.05, 4.69) is 187 Å². The molecule has 9 aromatic rings. The Morgan fingerprint density at radius 2 is 1.26 bits per heavy atom. The molecule has 0 spiro atoms. The summed E-state index contributed by atoms with van der Waals surface area (Å²) < 4.78 is 11.6. The minimum atomic E-state index is -0.0670. The van der Waals surface area contributed by atoms with Crippen LogP contribution in [0.3, 0.4) is 0 Å². The van der Waals surface area contributed by atoms with E-state index in [9.17, 15) is 0 Å². The second kappa shape index (κ2) is 11.5. The topological polar surface area (TPSA) is 32.0 Å². The number of hydrogen-bond donors (Lipinski definition) is 0. The van der Waals surface area contributed by atoms with Crippen LogP contribution in [0.5, 0.6) is 11.5 Å². The van der Waals surface area contributed by atoms with Crippen LogP contribution in [0.15, 0.2) is 170 Å². The fourth-order valence-corrected chi connectivity index (χ4v) is 8.56. The second-order valence-corrected chi connectivity index (χ2v) is 14.9. The van der Waals surface area contributed by atoms with Gasteiger partial charge in [0.15, 0.2) is 0 Å². The molecular weight excluding hydrogens is 659 g/mol. The first-order valence-electron chi connectivity index (χ1n) is 18.5. The Kier molecular flexibility index (Phi) is 6.56. The molecule has 0 amide bonds. The van der Waals surface area contributed by atoms with Crippen LogP contribution < -0.4 is 4.74 Å². The number of benzene rings is 6. The largest absolute Gasteiger partial charge is 0.455 e. The molecule has 256 valence electrons. The summed E-state index contributed by atoms with van der Waals surface area (Å²) in [4.78, 5) is 4.81. The summed E-state index contributed by atoms with van der Waals surface area (Å²) in [7, 11) is 0. The average molecular weight is 694 g/mol. The number of ether oxygens (including phenoxy) is 1. The Balaban J connectivity index is 1.11. The summed E-state index contributed by atoms with van der Waals surface area (Å²) in [5.74, 6) is 2.58. The third kappa shape index (κ3) is 4.66. The SMILES string of the molecule is CC1(C)C=Cc2cc3c(cc21)-c1ccc2c(ccn2-c2cc(-c4ccccc4)ccn2)c1Oc1ccc2c(ccn2-c2cccc(-c4ccccc4)c2)c1-3. The van der Waals surface area contributed by atoms with Crippen molar-refractivity contribution in [3.8, 4) is 67.5 Å². The Bertz CT molecular complexity index is 2980. The predicted octanol–water partition coefficient (Wildman–Crippen LogP) is 13.0. The molecule has 0 saturated heterocycles. The van der Waals surface area contributed by atoms with Gasteiger partial charge in [0.2, 0.25) is 0 Å². The van der Waals surface area contributed by atoms with Gasteiger partial charge in [-0.15, -0.1) is 0 Å². The van der Waals surface area contributed by atoms with Gasteiger partial charge < -0.3 is 13.9 Å². The van der Waals surface area contributed by atoms with Crippen molar-refractivity contribution in [2.75, 3.05) is 0 Å². The lowest BCUT2D eigenvalue weighted by Gasteiger charge is -2.21. The Morgan fingerprint density at radius 1 is 0.556 bits per heavy atom. The van der Waals surface area contributed by atoms with E-state index in [1.807, 2.05) is 12.3 Å². The molecule has 0 bridgehead atoms. The van der Waals surface area contributed by atoms with Gasteiger partial charge in [0.05, 0.1) is 11.0 Å². The molecule has 0 unspecified atom stereocenters. The molecule has 6 aromatic carbocycles. The second-order valence-electron chi connectivity index (χ2n) is 14.9. The van der Waals surface area contributed by atoms with Crippen LogP contribution in [-0.2, 0) is 5.41 Å². The molecule has 0 atom stereocenters. The molecule has 0 radical (unpaired) electrons. The fraction of sp³-hybridized carbons (Fsp3) is 0.0600. The first-order valence-corrected chi connectivity index (χ1v) is 18.5. The summed E-state index contributed by atoms with van der Waals surface area (Å²) in [6, 6.07) is 52.0. The minimum absolute atomic E-state index is 0.0670. The molecule has 3 aromatic heterocycles. The number of allylic oxidation sites excluding steroid dienone is 1. The maximum atomic E-state index is 7.16. The number of nitrogens with zero attached hydrogens (tertiary/aromatic N) is 3. The number of pyridine rings is 1. The highest BCUT2D eigenvalue weighted by Crippen LogP contribution is 2.54. The van der Waals surface area contributed by atoms with Gasteiger partial charge in [0.1, 0.15) is 17.3 Å². The van der Waals surface area contributed by atoms with E-state index in [-0.39, 0.29) is 5.41 Å². The summed E-state index contributed by atoms with van der Waals surface area (Å²) in [6.45, 7) is 4.59. The van der Waals surface area contributed by atoms with E-state index < -0.39 is 0 Å². The van der Waals surface area contributed by atoms with Gasteiger partial charge in [-0.25, -0.2) is 4.98 Å². The standard InChI is InChI=1S/C50H35N3O/c1-50(2)24-20-36-29-42-41(31-43(36)50)38-16-17-45-40(23-27-53(45)47-30-35(21-25-51-47)33-12-7-4-8-13-33)49(38)54-46-19-18-44-39(48(42)46)22-26-52(44)37-15-9-14-34(28-37)32-10-5-3-6-11-32/h3-31H,1-2H3. The van der Waals surface area contributed by atoms with Gasteiger partial charge >= 0.3 is 0 Å². The van der Waals surface area contributed by atoms with Crippen molar-refractivity contribution in [2.45, 2.75) is 19.3 Å². The average Bonchev–Trinajstić information content (AvgIpc) is 3.91. The van der Waals surface area contributed by atoms with Crippen LogP contribution in [0.25, 0.3) is 83.9 Å². The van der Waals surface area contributed by atoms with Crippen molar-refractivity contribution in [3.05, 3.63) is 181 Å². The van der Waals surface area contributed by atoms with Gasteiger partial charge in [0, 0.05) is 51.6 Å². The molecular formula is C50H35N3O. The van der Waals surface area contributed by atoms with Crippen molar-refractivity contribution >= 4 is 27.9 Å². The highest BCUT2D eigenvalue weighted by atomic mass is 16.5. The van der Waals surface area contributed by atoms with Crippen molar-refractivity contribution in [1.29, 1.82) is 0 Å². The third-order valence-corrected chi connectivity index (χ3v) is 11.3. The van der Waals surface area contributed by atoms with Crippen molar-refractivity contribution in [1.82, 2.24) is 14.1 Å². The van der Waals surface area contributed by atoms with E-state index in [1.165, 1.54) is 33.4 Å². The number of rotatable bonds is 4. The van der Waals surface area contributed by atoms with E-state index in [4.69, 9.17) is 9.72 Å². The molecule has 4 heterocycles. The van der Waals surface area contributed by atoms with E-state index in [0.717, 1.165) is 67.1 Å². The zero-order valence-electron chi connectivity index (χ0n) is 30.0. The highest BCUT2D eigenvalue weighted by molar-refractivity contribution is 6.08. The zero-order valence-corrected chi connectivity index (χ0v) is 30.0. The molecule has 11 rings (SSSR count). The van der Waals surface area contributed by atoms with Crippen LogP contribution in [0.1, 0.15) is 25.0 Å². The van der Waals surface area contributed by atoms with Crippen LogP contribution in [0.4, 0.5) is 0 Å². The van der Waals surface area contributed by atoms with E-state index in [1.54, 1.807) is 0 Å². The van der Waals surface area contributed by atoms with Crippen LogP contribution in [0, 0.1) is 0 Å².